The predicted molar refractivity (Wildman–Crippen MR) is 189 cm³/mol. The van der Waals surface area contributed by atoms with Crippen LogP contribution in [0.2, 0.25) is 5.02 Å². The Morgan fingerprint density at radius 1 is 1.00 bits per heavy atom. The van der Waals surface area contributed by atoms with Gasteiger partial charge in [0.2, 0.25) is 0 Å². The Hall–Kier alpha value is -4.76. The third-order valence-corrected chi connectivity index (χ3v) is 5.29. The van der Waals surface area contributed by atoms with Crippen LogP contribution in [0, 0.1) is 30.1 Å². The van der Waals surface area contributed by atoms with Gasteiger partial charge in [-0.3, -0.25) is 4.79 Å². The Kier molecular flexibility index (Phi) is 20.4. The number of halogens is 3. The highest BCUT2D eigenvalue weighted by Crippen LogP contribution is 2.24. The number of nitrogens with one attached hydrogen (secondary N) is 1. The van der Waals surface area contributed by atoms with E-state index in [9.17, 15) is 13.6 Å². The van der Waals surface area contributed by atoms with Crippen LogP contribution in [0.15, 0.2) is 83.9 Å². The lowest BCUT2D eigenvalue weighted by atomic mass is 10.0. The molecule has 4 aromatic rings. The first-order valence-electron chi connectivity index (χ1n) is 14.4. The first kappa shape index (κ1) is 41.2. The molecule has 0 fully saturated rings. The number of fused-ring (bicyclic) bond motifs is 1. The number of aliphatic imine (C=N–C) groups is 1. The molecule has 0 saturated heterocycles. The van der Waals surface area contributed by atoms with Crippen molar-refractivity contribution in [1.82, 2.24) is 4.98 Å². The Bertz CT molecular complexity index is 1570. The second-order valence-electron chi connectivity index (χ2n) is 10.6. The zero-order valence-corrected chi connectivity index (χ0v) is 27.9. The molecule has 4 rings (SSSR count). The van der Waals surface area contributed by atoms with Crippen molar-refractivity contribution in [2.24, 2.45) is 16.1 Å². The van der Waals surface area contributed by atoms with Crippen LogP contribution in [0.25, 0.3) is 10.9 Å². The van der Waals surface area contributed by atoms with Crippen molar-refractivity contribution in [3.8, 4) is 24.7 Å². The highest BCUT2D eigenvalue weighted by molar-refractivity contribution is 6.33. The van der Waals surface area contributed by atoms with Crippen LogP contribution in [0.1, 0.15) is 68.7 Å². The second-order valence-corrected chi connectivity index (χ2v) is 11.0. The summed E-state index contributed by atoms with van der Waals surface area (Å²) in [4.78, 5) is 18.4. The van der Waals surface area contributed by atoms with Crippen LogP contribution < -0.4 is 11.1 Å². The summed E-state index contributed by atoms with van der Waals surface area (Å²) in [7, 11) is 0. The molecule has 6 nitrogen and oxygen atoms in total. The molecule has 1 heterocycles. The molecule has 0 aliphatic rings. The number of pyridine rings is 1. The van der Waals surface area contributed by atoms with Crippen molar-refractivity contribution < 1.29 is 18.7 Å². The van der Waals surface area contributed by atoms with Crippen LogP contribution in [0.4, 0.5) is 14.5 Å². The number of benzene rings is 3. The number of nitrogens with zero attached hydrogens (tertiary/aromatic N) is 2. The van der Waals surface area contributed by atoms with Gasteiger partial charge in [-0.05, 0) is 65.4 Å². The molecule has 1 aromatic heterocycles. The molecule has 0 radical (unpaired) electrons. The number of alkyl halides is 2. The average Bonchev–Trinajstić information content (AvgIpc) is 3.06. The minimum Gasteiger partial charge on any atom is -0.392 e. The third-order valence-electron chi connectivity index (χ3n) is 4.96. The normalized spacial score (nSPS) is 10.6. The summed E-state index contributed by atoms with van der Waals surface area (Å²) in [5.41, 5.74) is 9.49. The van der Waals surface area contributed by atoms with E-state index in [-0.39, 0.29) is 17.3 Å². The number of aldehydes is 1. The van der Waals surface area contributed by atoms with Gasteiger partial charge in [-0.15, -0.1) is 12.8 Å². The zero-order chi connectivity index (χ0) is 35.1. The Labute approximate surface area is 277 Å². The fourth-order valence-electron chi connectivity index (χ4n) is 3.14. The fourth-order valence-corrected chi connectivity index (χ4v) is 3.32. The topological polar surface area (TPSA) is 101 Å². The van der Waals surface area contributed by atoms with Crippen molar-refractivity contribution in [3.05, 3.63) is 106 Å². The molecular weight excluding hydrogens is 606 g/mol. The molecule has 46 heavy (non-hydrogen) atoms. The molecule has 0 aliphatic carbocycles. The van der Waals surface area contributed by atoms with Gasteiger partial charge in [0.25, 0.3) is 6.43 Å². The molecule has 0 saturated carbocycles. The van der Waals surface area contributed by atoms with E-state index < -0.39 is 12.6 Å². The van der Waals surface area contributed by atoms with Gasteiger partial charge >= 0.3 is 0 Å². The molecular formula is C37H43ClF2N4O2. The highest BCUT2D eigenvalue weighted by atomic mass is 35.5. The maximum atomic E-state index is 12.5. The van der Waals surface area contributed by atoms with E-state index in [1.165, 1.54) is 18.2 Å². The van der Waals surface area contributed by atoms with E-state index in [2.05, 4.69) is 67.7 Å². The van der Waals surface area contributed by atoms with Gasteiger partial charge < -0.3 is 16.2 Å². The number of aliphatic hydroxyl groups excluding tert-OH is 1. The van der Waals surface area contributed by atoms with E-state index in [1.807, 2.05) is 74.5 Å². The molecule has 4 N–H and O–H groups in total. The third kappa shape index (κ3) is 16.9. The number of hydrogen-bond donors (Lipinski definition) is 3. The molecule has 0 bridgehead atoms. The Balaban J connectivity index is 0.000000709. The van der Waals surface area contributed by atoms with Gasteiger partial charge in [-0.2, -0.15) is 0 Å². The standard InChI is InChI=1S/C18H13NO.C10H10ClF2N3O.C5H12.C2H6.C2H2/c20-13-15-7-11-18-16(12-15)8-10-17(19-18)9-6-14-4-2-1-3-5-14;11-7-2-1-6(4-17)3-8(7)16-10(9(12)13)15-5-14;1-5(2,3)4;2*1-2/h1-5,7-8,10-12,20H,13H2;1-5,9-10,16H,(H2,14,15);1-4H3;1-2H3;1-2H. The monoisotopic (exact) mass is 648 g/mol. The maximum absolute atomic E-state index is 12.5. The molecule has 0 spiro atoms. The van der Waals surface area contributed by atoms with E-state index in [0.29, 0.717) is 17.3 Å². The summed E-state index contributed by atoms with van der Waals surface area (Å²) in [5.74, 6) is 6.17. The molecule has 9 heteroatoms. The van der Waals surface area contributed by atoms with Gasteiger partial charge in [0.15, 0.2) is 6.17 Å². The number of nitrogens with two attached hydrogens (primary N) is 1. The number of aliphatic hydroxyl groups is 1. The number of rotatable bonds is 6. The van der Waals surface area contributed by atoms with E-state index in [4.69, 9.17) is 22.4 Å². The SMILES string of the molecule is C#C.CC.CC(C)(C)C.N/C=N\C(Nc1cc(C=O)ccc1Cl)C(F)F.OCc1ccc2nc(C#Cc3ccccc3)ccc2c1. The summed E-state index contributed by atoms with van der Waals surface area (Å²) in [6.07, 6.45) is 5.12. The van der Waals surface area contributed by atoms with Gasteiger partial charge in [0.05, 0.1) is 29.2 Å². The molecule has 1 atom stereocenters. The Morgan fingerprint density at radius 3 is 2.17 bits per heavy atom. The highest BCUT2D eigenvalue weighted by Gasteiger charge is 2.19. The quantitative estimate of drug-likeness (QED) is 0.0841. The molecule has 1 unspecified atom stereocenters. The van der Waals surface area contributed by atoms with Gasteiger partial charge in [-0.25, -0.2) is 18.8 Å². The number of anilines is 1. The van der Waals surface area contributed by atoms with E-state index in [0.717, 1.165) is 34.1 Å². The predicted octanol–water partition coefficient (Wildman–Crippen LogP) is 8.60. The molecule has 3 aromatic carbocycles. The number of carbonyl (C=O) groups excluding carboxylic acids is 1. The first-order valence-corrected chi connectivity index (χ1v) is 14.7. The van der Waals surface area contributed by atoms with Crippen LogP contribution in [-0.4, -0.2) is 35.3 Å². The summed E-state index contributed by atoms with van der Waals surface area (Å²) in [6.45, 7) is 12.8. The van der Waals surface area contributed by atoms with Crippen molar-refractivity contribution in [3.63, 3.8) is 0 Å². The summed E-state index contributed by atoms with van der Waals surface area (Å²) >= 11 is 5.80. The minimum absolute atomic E-state index is 0.0471. The van der Waals surface area contributed by atoms with Gasteiger partial charge in [0, 0.05) is 16.5 Å². The number of terminal acetylenes is 1. The van der Waals surface area contributed by atoms with E-state index in [1.54, 1.807) is 0 Å². The van der Waals surface area contributed by atoms with Crippen molar-refractivity contribution in [1.29, 1.82) is 0 Å². The Morgan fingerprint density at radius 2 is 1.63 bits per heavy atom. The first-order chi connectivity index (χ1) is 21.9. The molecule has 0 aliphatic heterocycles. The lowest BCUT2D eigenvalue weighted by Gasteiger charge is -2.15. The molecule has 0 amide bonds. The second kappa shape index (κ2) is 22.7. The zero-order valence-electron chi connectivity index (χ0n) is 27.1. The van der Waals surface area contributed by atoms with Crippen LogP contribution in [0.5, 0.6) is 0 Å². The number of aromatic nitrogens is 1. The van der Waals surface area contributed by atoms with E-state index >= 15 is 0 Å². The minimum atomic E-state index is -2.74. The number of carbonyl (C=O) groups is 1. The lowest BCUT2D eigenvalue weighted by molar-refractivity contribution is 0.112. The number of hydrogen-bond acceptors (Lipinski definition) is 5. The van der Waals surface area contributed by atoms with Crippen LogP contribution in [-0.2, 0) is 6.61 Å². The summed E-state index contributed by atoms with van der Waals surface area (Å²) in [6, 6.07) is 23.7. The fraction of sp³-hybridized carbons (Fsp3) is 0.270. The largest absolute Gasteiger partial charge is 0.392 e. The summed E-state index contributed by atoms with van der Waals surface area (Å²) in [5, 5.41) is 12.8. The maximum Gasteiger partial charge on any atom is 0.278 e. The molecule has 244 valence electrons. The average molecular weight is 649 g/mol. The lowest BCUT2D eigenvalue weighted by Crippen LogP contribution is -2.26. The van der Waals surface area contributed by atoms with Gasteiger partial charge in [-0.1, -0.05) is 89.4 Å². The van der Waals surface area contributed by atoms with Crippen LogP contribution in [0.3, 0.4) is 0 Å². The van der Waals surface area contributed by atoms with Gasteiger partial charge in [0.1, 0.15) is 12.0 Å². The van der Waals surface area contributed by atoms with Crippen molar-refractivity contribution in [2.75, 3.05) is 5.32 Å². The summed E-state index contributed by atoms with van der Waals surface area (Å²) < 4.78 is 25.1. The smallest absolute Gasteiger partial charge is 0.278 e. The van der Waals surface area contributed by atoms with Crippen molar-refractivity contribution >= 4 is 40.8 Å². The van der Waals surface area contributed by atoms with Crippen LogP contribution >= 0.6 is 11.6 Å². The van der Waals surface area contributed by atoms with Crippen molar-refractivity contribution in [2.45, 2.75) is 60.7 Å².